The zero-order valence-electron chi connectivity index (χ0n) is 14.9. The van der Waals surface area contributed by atoms with Gasteiger partial charge in [0.15, 0.2) is 0 Å². The summed E-state index contributed by atoms with van der Waals surface area (Å²) in [4.78, 5) is 28.2. The van der Waals surface area contributed by atoms with E-state index in [2.05, 4.69) is 5.32 Å². The minimum atomic E-state index is -0.498. The lowest BCUT2D eigenvalue weighted by molar-refractivity contribution is -0.140. The number of nitrogens with one attached hydrogen (secondary N) is 1. The van der Waals surface area contributed by atoms with E-state index in [9.17, 15) is 14.0 Å². The molecular formula is C19H26FN3O2. The molecule has 0 bridgehead atoms. The average molecular weight is 347 g/mol. The van der Waals surface area contributed by atoms with Crippen LogP contribution in [0.3, 0.4) is 0 Å². The summed E-state index contributed by atoms with van der Waals surface area (Å²) >= 11 is 0. The molecule has 1 saturated carbocycles. The zero-order valence-corrected chi connectivity index (χ0v) is 14.9. The van der Waals surface area contributed by atoms with Gasteiger partial charge in [-0.3, -0.25) is 14.9 Å². The van der Waals surface area contributed by atoms with Crippen LogP contribution in [0.4, 0.5) is 4.39 Å². The van der Waals surface area contributed by atoms with Crippen LogP contribution in [0.1, 0.15) is 32.3 Å². The van der Waals surface area contributed by atoms with Gasteiger partial charge in [-0.25, -0.2) is 4.39 Å². The van der Waals surface area contributed by atoms with Crippen LogP contribution in [0.15, 0.2) is 24.3 Å². The number of halogens is 1. The second-order valence-corrected chi connectivity index (χ2v) is 7.47. The molecule has 0 unspecified atom stereocenters. The number of amides is 2. The van der Waals surface area contributed by atoms with Crippen LogP contribution in [0.2, 0.25) is 0 Å². The third-order valence-electron chi connectivity index (χ3n) is 5.10. The highest BCUT2D eigenvalue weighted by Gasteiger charge is 2.35. The summed E-state index contributed by atoms with van der Waals surface area (Å²) in [5, 5.41) is 3.22. The molecule has 2 aliphatic rings. The van der Waals surface area contributed by atoms with Gasteiger partial charge in [0.2, 0.25) is 11.8 Å². The molecular weight excluding hydrogens is 321 g/mol. The maximum atomic E-state index is 13.4. The molecule has 2 amide bonds. The molecule has 1 saturated heterocycles. The first kappa shape index (κ1) is 17.9. The molecule has 6 heteroatoms. The quantitative estimate of drug-likeness (QED) is 0.883. The minimum Gasteiger partial charge on any atom is -0.339 e. The summed E-state index contributed by atoms with van der Waals surface area (Å²) in [6.07, 6.45) is 2.02. The molecule has 0 radical (unpaired) electrons. The van der Waals surface area contributed by atoms with Crippen molar-refractivity contribution in [1.82, 2.24) is 15.1 Å². The van der Waals surface area contributed by atoms with Crippen molar-refractivity contribution in [3.63, 3.8) is 0 Å². The third-order valence-corrected chi connectivity index (χ3v) is 5.10. The van der Waals surface area contributed by atoms with Crippen LogP contribution >= 0.6 is 0 Å². The predicted molar refractivity (Wildman–Crippen MR) is 93.3 cm³/mol. The fourth-order valence-corrected chi connectivity index (χ4v) is 3.15. The first-order valence-electron chi connectivity index (χ1n) is 8.94. The van der Waals surface area contributed by atoms with Gasteiger partial charge in [0, 0.05) is 37.6 Å². The van der Waals surface area contributed by atoms with Crippen molar-refractivity contribution in [1.29, 1.82) is 0 Å². The Morgan fingerprint density at radius 1 is 1.16 bits per heavy atom. The lowest BCUT2D eigenvalue weighted by Gasteiger charge is -2.36. The van der Waals surface area contributed by atoms with E-state index in [1.807, 2.05) is 24.8 Å². The van der Waals surface area contributed by atoms with E-state index in [0.717, 1.165) is 18.4 Å². The van der Waals surface area contributed by atoms with Crippen LogP contribution in [0.5, 0.6) is 0 Å². The molecule has 1 aromatic rings. The number of benzene rings is 1. The van der Waals surface area contributed by atoms with Crippen molar-refractivity contribution in [2.24, 2.45) is 5.92 Å². The topological polar surface area (TPSA) is 52.7 Å². The van der Waals surface area contributed by atoms with Crippen molar-refractivity contribution >= 4 is 11.8 Å². The van der Waals surface area contributed by atoms with E-state index in [0.29, 0.717) is 26.2 Å². The number of carbonyl (C=O) groups excluding carboxylic acids is 2. The van der Waals surface area contributed by atoms with Gasteiger partial charge in [0.05, 0.1) is 6.54 Å². The van der Waals surface area contributed by atoms with Gasteiger partial charge in [0.25, 0.3) is 0 Å². The molecule has 1 aliphatic heterocycles. The molecule has 25 heavy (non-hydrogen) atoms. The Morgan fingerprint density at radius 2 is 1.80 bits per heavy atom. The van der Waals surface area contributed by atoms with Crippen molar-refractivity contribution in [3.8, 4) is 0 Å². The summed E-state index contributed by atoms with van der Waals surface area (Å²) in [5.41, 5.74) is 0.307. The van der Waals surface area contributed by atoms with Crippen molar-refractivity contribution in [3.05, 3.63) is 35.6 Å². The van der Waals surface area contributed by atoms with Crippen molar-refractivity contribution < 1.29 is 14.0 Å². The summed E-state index contributed by atoms with van der Waals surface area (Å²) in [6.45, 7) is 6.46. The third kappa shape index (κ3) is 4.37. The number of rotatable bonds is 5. The lowest BCUT2D eigenvalue weighted by Crippen LogP contribution is -2.53. The van der Waals surface area contributed by atoms with Crippen LogP contribution in [-0.2, 0) is 15.1 Å². The fourth-order valence-electron chi connectivity index (χ4n) is 3.15. The Balaban J connectivity index is 1.48. The number of piperazine rings is 1. The highest BCUT2D eigenvalue weighted by molar-refractivity contribution is 5.82. The fraction of sp³-hybridized carbons (Fsp3) is 0.579. The van der Waals surface area contributed by atoms with Crippen LogP contribution < -0.4 is 5.32 Å². The first-order chi connectivity index (χ1) is 11.9. The molecule has 3 rings (SSSR count). The normalized spacial score (nSPS) is 18.4. The Kier molecular flexibility index (Phi) is 5.08. The Bertz CT molecular complexity index is 650. The smallest absolute Gasteiger partial charge is 0.236 e. The molecule has 136 valence electrons. The molecule has 0 aromatic heterocycles. The van der Waals surface area contributed by atoms with Crippen LogP contribution in [0.25, 0.3) is 0 Å². The molecule has 1 aliphatic carbocycles. The van der Waals surface area contributed by atoms with Gasteiger partial charge in [-0.05, 0) is 44.4 Å². The number of hydrogen-bond acceptors (Lipinski definition) is 3. The molecule has 0 spiro atoms. The molecule has 1 aromatic carbocycles. The lowest BCUT2D eigenvalue weighted by atomic mass is 9.94. The summed E-state index contributed by atoms with van der Waals surface area (Å²) < 4.78 is 13.4. The molecule has 1 heterocycles. The van der Waals surface area contributed by atoms with Gasteiger partial charge >= 0.3 is 0 Å². The Labute approximate surface area is 148 Å². The molecule has 2 fully saturated rings. The number of carbonyl (C=O) groups is 2. The Morgan fingerprint density at radius 3 is 2.40 bits per heavy atom. The molecule has 1 N–H and O–H groups in total. The van der Waals surface area contributed by atoms with Gasteiger partial charge in [-0.15, -0.1) is 0 Å². The maximum Gasteiger partial charge on any atom is 0.236 e. The molecule has 5 nitrogen and oxygen atoms in total. The Hall–Kier alpha value is -1.95. The van der Waals surface area contributed by atoms with E-state index in [-0.39, 0.29) is 30.1 Å². The van der Waals surface area contributed by atoms with Crippen molar-refractivity contribution in [2.75, 3.05) is 32.7 Å². The van der Waals surface area contributed by atoms with Gasteiger partial charge in [0.1, 0.15) is 5.82 Å². The second-order valence-electron chi connectivity index (χ2n) is 7.47. The number of nitrogens with zero attached hydrogens (tertiary/aromatic N) is 2. The predicted octanol–water partition coefficient (Wildman–Crippen LogP) is 1.73. The largest absolute Gasteiger partial charge is 0.339 e. The average Bonchev–Trinajstić information content (AvgIpc) is 3.44. The maximum absolute atomic E-state index is 13.4. The van der Waals surface area contributed by atoms with Gasteiger partial charge in [-0.1, -0.05) is 12.1 Å². The second kappa shape index (κ2) is 7.12. The van der Waals surface area contributed by atoms with E-state index in [1.165, 1.54) is 12.1 Å². The van der Waals surface area contributed by atoms with E-state index < -0.39 is 5.54 Å². The van der Waals surface area contributed by atoms with E-state index >= 15 is 0 Å². The standard InChI is InChI=1S/C19H26FN3O2/c1-19(2,15-4-3-5-16(20)12-15)21-13-17(24)22-8-10-23(11-9-22)18(25)14-6-7-14/h3-5,12,14,21H,6-11,13H2,1-2H3. The summed E-state index contributed by atoms with van der Waals surface area (Å²) in [7, 11) is 0. The highest BCUT2D eigenvalue weighted by Crippen LogP contribution is 2.31. The van der Waals surface area contributed by atoms with Gasteiger partial charge in [-0.2, -0.15) is 0 Å². The van der Waals surface area contributed by atoms with Crippen LogP contribution in [0, 0.1) is 11.7 Å². The first-order valence-corrected chi connectivity index (χ1v) is 8.94. The van der Waals surface area contributed by atoms with Crippen LogP contribution in [-0.4, -0.2) is 54.3 Å². The highest BCUT2D eigenvalue weighted by atomic mass is 19.1. The minimum absolute atomic E-state index is 0.0167. The van der Waals surface area contributed by atoms with E-state index in [4.69, 9.17) is 0 Å². The number of hydrogen-bond donors (Lipinski definition) is 1. The SMILES string of the molecule is CC(C)(NCC(=O)N1CCN(C(=O)C2CC2)CC1)c1cccc(F)c1. The van der Waals surface area contributed by atoms with E-state index in [1.54, 1.807) is 11.0 Å². The summed E-state index contributed by atoms with van der Waals surface area (Å²) in [6, 6.07) is 6.42. The van der Waals surface area contributed by atoms with Crippen molar-refractivity contribution in [2.45, 2.75) is 32.2 Å². The molecule has 0 atom stereocenters. The summed E-state index contributed by atoms with van der Waals surface area (Å²) in [5.74, 6) is 0.214. The van der Waals surface area contributed by atoms with Gasteiger partial charge < -0.3 is 9.80 Å². The zero-order chi connectivity index (χ0) is 18.0. The monoisotopic (exact) mass is 347 g/mol.